The maximum Gasteiger partial charge on any atom is 0.573 e. The molecule has 3 aromatic carbocycles. The Kier molecular flexibility index (Phi) is 8.29. The summed E-state index contributed by atoms with van der Waals surface area (Å²) in [5.41, 5.74) is 4.35. The van der Waals surface area contributed by atoms with Gasteiger partial charge in [-0.25, -0.2) is 0 Å². The van der Waals surface area contributed by atoms with Gasteiger partial charge in [-0.2, -0.15) is 0 Å². The Balaban J connectivity index is 0.978. The van der Waals surface area contributed by atoms with Gasteiger partial charge in [0.1, 0.15) is 42.8 Å². The molecule has 44 heavy (non-hydrogen) atoms. The van der Waals surface area contributed by atoms with Crippen LogP contribution < -0.4 is 18.9 Å². The van der Waals surface area contributed by atoms with Gasteiger partial charge < -0.3 is 29.1 Å². The summed E-state index contributed by atoms with van der Waals surface area (Å²) in [4.78, 5) is 16.8. The van der Waals surface area contributed by atoms with E-state index in [0.29, 0.717) is 25.3 Å². The molecule has 1 atom stereocenters. The highest BCUT2D eigenvalue weighted by molar-refractivity contribution is 5.37. The Morgan fingerprint density at radius 2 is 1.66 bits per heavy atom. The number of halogens is 3. The van der Waals surface area contributed by atoms with Crippen molar-refractivity contribution >= 4 is 5.82 Å². The fourth-order valence-corrected chi connectivity index (χ4v) is 5.25. The van der Waals surface area contributed by atoms with Gasteiger partial charge >= 0.3 is 18.2 Å². The van der Waals surface area contributed by atoms with E-state index in [2.05, 4.69) is 26.8 Å². The lowest BCUT2D eigenvalue weighted by atomic mass is 9.99. The fraction of sp³-hybridized carbons (Fsp3) is 0.323. The standard InChI is InChI=1S/C31H29F3N4O6/c32-31(33,34)44-26-8-3-22(4-9-26)19-41-25-6-1-21(2-7-25)16-36-13-11-23-5-10-27(15-24(23)17-36)42-20-28-12-14-37-18-29(38(39)40)35-30(37)43-28/h1-10,15,18,28H,11-14,16-17,19-20H2. The van der Waals surface area contributed by atoms with E-state index in [1.54, 1.807) is 4.57 Å². The van der Waals surface area contributed by atoms with Crippen LogP contribution in [0.5, 0.6) is 23.3 Å². The minimum atomic E-state index is -4.72. The zero-order chi connectivity index (χ0) is 30.7. The van der Waals surface area contributed by atoms with E-state index in [9.17, 15) is 23.3 Å². The number of hydrogen-bond donors (Lipinski definition) is 0. The molecule has 4 aromatic rings. The Morgan fingerprint density at radius 3 is 2.41 bits per heavy atom. The molecule has 0 aliphatic carbocycles. The van der Waals surface area contributed by atoms with Gasteiger partial charge in [-0.1, -0.05) is 30.3 Å². The molecule has 2 aliphatic heterocycles. The van der Waals surface area contributed by atoms with Crippen LogP contribution in [-0.4, -0.2) is 45.0 Å². The van der Waals surface area contributed by atoms with Crippen LogP contribution >= 0.6 is 0 Å². The van der Waals surface area contributed by atoms with Crippen molar-refractivity contribution in [2.45, 2.75) is 51.5 Å². The normalized spacial score (nSPS) is 16.4. The lowest BCUT2D eigenvalue weighted by Gasteiger charge is -2.29. The average Bonchev–Trinajstić information content (AvgIpc) is 3.44. The van der Waals surface area contributed by atoms with Crippen molar-refractivity contribution < 1.29 is 37.0 Å². The quantitative estimate of drug-likeness (QED) is 0.158. The van der Waals surface area contributed by atoms with Crippen LogP contribution in [0.3, 0.4) is 0 Å². The number of nitro groups is 1. The summed E-state index contributed by atoms with van der Waals surface area (Å²) in [5.74, 6) is 0.919. The summed E-state index contributed by atoms with van der Waals surface area (Å²) in [6.07, 6.45) is -1.99. The molecule has 10 nitrogen and oxygen atoms in total. The van der Waals surface area contributed by atoms with E-state index in [1.165, 1.54) is 41.6 Å². The zero-order valence-electron chi connectivity index (χ0n) is 23.5. The predicted molar refractivity (Wildman–Crippen MR) is 152 cm³/mol. The van der Waals surface area contributed by atoms with Gasteiger partial charge in [0, 0.05) is 37.6 Å². The topological polar surface area (TPSA) is 101 Å². The van der Waals surface area contributed by atoms with Crippen molar-refractivity contribution in [1.29, 1.82) is 0 Å². The Bertz CT molecular complexity index is 1610. The number of aryl methyl sites for hydroxylation is 1. The number of nitrogens with zero attached hydrogens (tertiary/aromatic N) is 4. The minimum absolute atomic E-state index is 0.221. The van der Waals surface area contributed by atoms with E-state index >= 15 is 0 Å². The van der Waals surface area contributed by atoms with Crippen molar-refractivity contribution in [3.8, 4) is 23.3 Å². The summed E-state index contributed by atoms with van der Waals surface area (Å²) in [6, 6.07) is 19.8. The van der Waals surface area contributed by atoms with Crippen molar-refractivity contribution in [2.75, 3.05) is 13.2 Å². The molecule has 2 aliphatic rings. The molecule has 13 heteroatoms. The summed E-state index contributed by atoms with van der Waals surface area (Å²) in [7, 11) is 0. The third kappa shape index (κ3) is 7.40. The molecule has 0 N–H and O–H groups in total. The highest BCUT2D eigenvalue weighted by Crippen LogP contribution is 2.28. The van der Waals surface area contributed by atoms with Crippen LogP contribution in [-0.2, 0) is 32.7 Å². The second kappa shape index (κ2) is 12.4. The first-order valence-electron chi connectivity index (χ1n) is 14.1. The molecule has 6 rings (SSSR count). The number of aromatic nitrogens is 2. The molecule has 0 bridgehead atoms. The van der Waals surface area contributed by atoms with Gasteiger partial charge in [-0.05, 0) is 70.0 Å². The van der Waals surface area contributed by atoms with Gasteiger partial charge in [0.15, 0.2) is 0 Å². The fourth-order valence-electron chi connectivity index (χ4n) is 5.25. The van der Waals surface area contributed by atoms with Gasteiger partial charge in [-0.3, -0.25) is 9.47 Å². The maximum absolute atomic E-state index is 12.3. The van der Waals surface area contributed by atoms with Crippen LogP contribution in [0.1, 0.15) is 28.7 Å². The first-order chi connectivity index (χ1) is 21.2. The summed E-state index contributed by atoms with van der Waals surface area (Å²) < 4.78 is 60.2. The van der Waals surface area contributed by atoms with Gasteiger partial charge in [0.05, 0.1) is 0 Å². The predicted octanol–water partition coefficient (Wildman–Crippen LogP) is 6.06. The largest absolute Gasteiger partial charge is 0.573 e. The number of rotatable bonds is 10. The van der Waals surface area contributed by atoms with Crippen LogP contribution in [0.4, 0.5) is 19.0 Å². The van der Waals surface area contributed by atoms with E-state index in [1.807, 2.05) is 30.3 Å². The molecule has 1 unspecified atom stereocenters. The third-order valence-electron chi connectivity index (χ3n) is 7.48. The molecule has 0 radical (unpaired) electrons. The monoisotopic (exact) mass is 610 g/mol. The number of hydrogen-bond acceptors (Lipinski definition) is 8. The summed E-state index contributed by atoms with van der Waals surface area (Å²) >= 11 is 0. The minimum Gasteiger partial charge on any atom is -0.490 e. The Hall–Kier alpha value is -4.78. The molecule has 1 aromatic heterocycles. The molecule has 0 saturated carbocycles. The summed E-state index contributed by atoms with van der Waals surface area (Å²) in [5, 5.41) is 11.0. The lowest BCUT2D eigenvalue weighted by Crippen LogP contribution is -2.31. The van der Waals surface area contributed by atoms with Crippen molar-refractivity contribution in [3.63, 3.8) is 0 Å². The first-order valence-corrected chi connectivity index (χ1v) is 14.1. The number of ether oxygens (including phenoxy) is 4. The SMILES string of the molecule is O=[N+]([O-])c1cn2c(n1)OC(COc1ccc3c(c1)CN(Cc1ccc(OCc4ccc(OC(F)(F)F)cc4)cc1)CC3)CC2. The van der Waals surface area contributed by atoms with E-state index in [0.717, 1.165) is 42.9 Å². The van der Waals surface area contributed by atoms with Crippen molar-refractivity contribution in [3.05, 3.63) is 105 Å². The zero-order valence-corrected chi connectivity index (χ0v) is 23.5. The molecule has 0 fully saturated rings. The number of benzene rings is 3. The number of imidazole rings is 1. The van der Waals surface area contributed by atoms with Gasteiger partial charge in [-0.15, -0.1) is 13.2 Å². The smallest absolute Gasteiger partial charge is 0.490 e. The van der Waals surface area contributed by atoms with Crippen LogP contribution in [0.15, 0.2) is 72.9 Å². The molecule has 0 spiro atoms. The van der Waals surface area contributed by atoms with Crippen molar-refractivity contribution in [2.24, 2.45) is 0 Å². The number of fused-ring (bicyclic) bond motifs is 2. The van der Waals surface area contributed by atoms with E-state index in [4.69, 9.17) is 14.2 Å². The molecule has 0 amide bonds. The van der Waals surface area contributed by atoms with Gasteiger partial charge in [0.25, 0.3) is 0 Å². The first kappa shape index (κ1) is 29.3. The van der Waals surface area contributed by atoms with E-state index in [-0.39, 0.29) is 30.3 Å². The van der Waals surface area contributed by atoms with Crippen LogP contribution in [0.25, 0.3) is 0 Å². The second-order valence-electron chi connectivity index (χ2n) is 10.7. The molecule has 230 valence electrons. The van der Waals surface area contributed by atoms with Gasteiger partial charge in [0.2, 0.25) is 0 Å². The average molecular weight is 611 g/mol. The Morgan fingerprint density at radius 1 is 0.932 bits per heavy atom. The number of alkyl halides is 3. The highest BCUT2D eigenvalue weighted by atomic mass is 19.4. The highest BCUT2D eigenvalue weighted by Gasteiger charge is 2.31. The van der Waals surface area contributed by atoms with Crippen LogP contribution in [0.2, 0.25) is 0 Å². The maximum atomic E-state index is 12.3. The van der Waals surface area contributed by atoms with Crippen LogP contribution in [0, 0.1) is 10.1 Å². The molecule has 0 saturated heterocycles. The Labute approximate surface area is 250 Å². The third-order valence-corrected chi connectivity index (χ3v) is 7.48. The molecular weight excluding hydrogens is 581 g/mol. The second-order valence-corrected chi connectivity index (χ2v) is 10.7. The lowest BCUT2D eigenvalue weighted by molar-refractivity contribution is -0.389. The van der Waals surface area contributed by atoms with E-state index < -0.39 is 11.3 Å². The molecular formula is C31H29F3N4O6. The summed E-state index contributed by atoms with van der Waals surface area (Å²) in [6.45, 7) is 3.58. The van der Waals surface area contributed by atoms with Crippen molar-refractivity contribution in [1.82, 2.24) is 14.5 Å². The molecule has 3 heterocycles.